The molecule has 0 unspecified atom stereocenters. The van der Waals surface area contributed by atoms with Crippen LogP contribution < -0.4 is 25.5 Å². The van der Waals surface area contributed by atoms with Crippen LogP contribution in [0, 0.1) is 0 Å². The third-order valence-electron chi connectivity index (χ3n) is 2.08. The highest BCUT2D eigenvalue weighted by atomic mass is 16.7. The van der Waals surface area contributed by atoms with E-state index < -0.39 is 0 Å². The predicted molar refractivity (Wildman–Crippen MR) is 54.9 cm³/mol. The molecule has 0 atom stereocenters. The van der Waals surface area contributed by atoms with Gasteiger partial charge in [-0.1, -0.05) is 0 Å². The lowest BCUT2D eigenvalue weighted by Gasteiger charge is -2.06. The highest BCUT2D eigenvalue weighted by Gasteiger charge is 2.13. The summed E-state index contributed by atoms with van der Waals surface area (Å²) >= 11 is 0. The molecule has 1 aromatic rings. The third kappa shape index (κ3) is 2.51. The average molecular weight is 210 g/mol. The van der Waals surface area contributed by atoms with E-state index in [4.69, 9.17) is 20.1 Å². The molecule has 15 heavy (non-hydrogen) atoms. The summed E-state index contributed by atoms with van der Waals surface area (Å²) in [7, 11) is 0. The van der Waals surface area contributed by atoms with E-state index in [1.807, 2.05) is 18.2 Å². The molecule has 0 bridgehead atoms. The quantitative estimate of drug-likeness (QED) is 0.424. The molecule has 0 saturated heterocycles. The van der Waals surface area contributed by atoms with Gasteiger partial charge in [0, 0.05) is 12.6 Å². The number of nitrogens with one attached hydrogen (secondary N) is 1. The van der Waals surface area contributed by atoms with E-state index in [1.54, 1.807) is 0 Å². The van der Waals surface area contributed by atoms with Gasteiger partial charge in [-0.25, -0.2) is 0 Å². The van der Waals surface area contributed by atoms with Crippen molar-refractivity contribution in [3.05, 3.63) is 18.2 Å². The standard InChI is InChI=1S/C10H14N2O3/c11-12-4-1-5-13-8-2-3-9-10(6-8)15-7-14-9/h2-3,6,12H,1,4-5,7,11H2. The van der Waals surface area contributed by atoms with Gasteiger partial charge in [0.15, 0.2) is 11.5 Å². The number of nitrogens with two attached hydrogens (primary N) is 1. The molecule has 1 aliphatic heterocycles. The Hall–Kier alpha value is -1.46. The lowest BCUT2D eigenvalue weighted by Crippen LogP contribution is -2.24. The van der Waals surface area contributed by atoms with Gasteiger partial charge in [0.05, 0.1) is 6.61 Å². The lowest BCUT2D eigenvalue weighted by atomic mass is 10.3. The van der Waals surface area contributed by atoms with E-state index in [0.717, 1.165) is 30.2 Å². The van der Waals surface area contributed by atoms with Crippen molar-refractivity contribution >= 4 is 0 Å². The fourth-order valence-corrected chi connectivity index (χ4v) is 1.33. The van der Waals surface area contributed by atoms with Crippen molar-refractivity contribution in [1.29, 1.82) is 0 Å². The maximum Gasteiger partial charge on any atom is 0.231 e. The van der Waals surface area contributed by atoms with Crippen LogP contribution in [0.25, 0.3) is 0 Å². The number of fused-ring (bicyclic) bond motifs is 1. The van der Waals surface area contributed by atoms with Gasteiger partial charge in [-0.2, -0.15) is 0 Å². The minimum absolute atomic E-state index is 0.288. The SMILES string of the molecule is NNCCCOc1ccc2c(c1)OCO2. The van der Waals surface area contributed by atoms with Gasteiger partial charge in [0.2, 0.25) is 6.79 Å². The Kier molecular flexibility index (Phi) is 3.26. The molecule has 1 aliphatic rings. The van der Waals surface area contributed by atoms with Gasteiger partial charge in [-0.3, -0.25) is 11.3 Å². The Balaban J connectivity index is 1.87. The van der Waals surface area contributed by atoms with Crippen molar-refractivity contribution < 1.29 is 14.2 Å². The van der Waals surface area contributed by atoms with Crippen LogP contribution in [0.4, 0.5) is 0 Å². The zero-order chi connectivity index (χ0) is 10.5. The molecule has 5 nitrogen and oxygen atoms in total. The van der Waals surface area contributed by atoms with E-state index in [1.165, 1.54) is 0 Å². The fraction of sp³-hybridized carbons (Fsp3) is 0.400. The van der Waals surface area contributed by atoms with Crippen LogP contribution >= 0.6 is 0 Å². The van der Waals surface area contributed by atoms with Crippen LogP contribution in [0.1, 0.15) is 6.42 Å². The van der Waals surface area contributed by atoms with Crippen LogP contribution in [0.3, 0.4) is 0 Å². The van der Waals surface area contributed by atoms with Crippen molar-refractivity contribution in [2.45, 2.75) is 6.42 Å². The summed E-state index contributed by atoms with van der Waals surface area (Å²) in [6.07, 6.45) is 0.866. The summed E-state index contributed by atoms with van der Waals surface area (Å²) in [5.74, 6) is 7.44. The summed E-state index contributed by atoms with van der Waals surface area (Å²) in [6, 6.07) is 5.54. The van der Waals surface area contributed by atoms with Crippen LogP contribution in [0.5, 0.6) is 17.2 Å². The highest BCUT2D eigenvalue weighted by Crippen LogP contribution is 2.34. The number of hydrazine groups is 1. The van der Waals surface area contributed by atoms with Gasteiger partial charge in [0.25, 0.3) is 0 Å². The summed E-state index contributed by atoms with van der Waals surface area (Å²) in [4.78, 5) is 0. The maximum atomic E-state index is 5.50. The summed E-state index contributed by atoms with van der Waals surface area (Å²) in [5.41, 5.74) is 2.57. The van der Waals surface area contributed by atoms with Gasteiger partial charge in [-0.05, 0) is 18.6 Å². The molecule has 3 N–H and O–H groups in total. The van der Waals surface area contributed by atoms with Gasteiger partial charge < -0.3 is 14.2 Å². The molecule has 1 heterocycles. The van der Waals surface area contributed by atoms with E-state index in [9.17, 15) is 0 Å². The van der Waals surface area contributed by atoms with E-state index in [-0.39, 0.29) is 6.79 Å². The molecule has 82 valence electrons. The van der Waals surface area contributed by atoms with Crippen molar-refractivity contribution in [2.24, 2.45) is 5.84 Å². The smallest absolute Gasteiger partial charge is 0.231 e. The van der Waals surface area contributed by atoms with Gasteiger partial charge in [0.1, 0.15) is 5.75 Å². The molecule has 0 spiro atoms. The zero-order valence-corrected chi connectivity index (χ0v) is 8.36. The van der Waals surface area contributed by atoms with E-state index in [2.05, 4.69) is 5.43 Å². The zero-order valence-electron chi connectivity index (χ0n) is 8.36. The van der Waals surface area contributed by atoms with Crippen LogP contribution in [-0.4, -0.2) is 19.9 Å². The summed E-state index contributed by atoms with van der Waals surface area (Å²) in [5, 5.41) is 0. The number of benzene rings is 1. The number of ether oxygens (including phenoxy) is 3. The Labute approximate surface area is 88.1 Å². The van der Waals surface area contributed by atoms with Gasteiger partial charge >= 0.3 is 0 Å². The second-order valence-electron chi connectivity index (χ2n) is 3.17. The number of hydrogen-bond acceptors (Lipinski definition) is 5. The van der Waals surface area contributed by atoms with Gasteiger partial charge in [-0.15, -0.1) is 0 Å². The topological polar surface area (TPSA) is 65.7 Å². The highest BCUT2D eigenvalue weighted by molar-refractivity contribution is 5.46. The first-order valence-electron chi connectivity index (χ1n) is 4.86. The van der Waals surface area contributed by atoms with E-state index >= 15 is 0 Å². The Bertz CT molecular complexity index is 330. The number of hydrogen-bond donors (Lipinski definition) is 2. The molecular formula is C10H14N2O3. The average Bonchev–Trinajstić information content (AvgIpc) is 2.71. The monoisotopic (exact) mass is 210 g/mol. The molecule has 2 rings (SSSR count). The molecule has 0 saturated carbocycles. The largest absolute Gasteiger partial charge is 0.493 e. The first-order chi connectivity index (χ1) is 7.40. The molecule has 0 aliphatic carbocycles. The minimum atomic E-state index is 0.288. The Morgan fingerprint density at radius 1 is 1.33 bits per heavy atom. The lowest BCUT2D eigenvalue weighted by molar-refractivity contribution is 0.173. The predicted octanol–water partition coefficient (Wildman–Crippen LogP) is 0.647. The second kappa shape index (κ2) is 4.86. The second-order valence-corrected chi connectivity index (χ2v) is 3.17. The molecule has 5 heteroatoms. The van der Waals surface area contributed by atoms with E-state index in [0.29, 0.717) is 6.61 Å². The molecular weight excluding hydrogens is 196 g/mol. The normalized spacial score (nSPS) is 12.9. The molecule has 0 aromatic heterocycles. The van der Waals surface area contributed by atoms with Crippen LogP contribution in [-0.2, 0) is 0 Å². The first-order valence-corrected chi connectivity index (χ1v) is 4.86. The molecule has 0 amide bonds. The number of rotatable bonds is 5. The molecule has 0 fully saturated rings. The first kappa shape index (κ1) is 10.1. The maximum absolute atomic E-state index is 5.50. The summed E-state index contributed by atoms with van der Waals surface area (Å²) < 4.78 is 15.9. The summed E-state index contributed by atoms with van der Waals surface area (Å²) in [6.45, 7) is 1.66. The van der Waals surface area contributed by atoms with Crippen LogP contribution in [0.2, 0.25) is 0 Å². The van der Waals surface area contributed by atoms with Crippen molar-refractivity contribution in [3.63, 3.8) is 0 Å². The van der Waals surface area contributed by atoms with Crippen molar-refractivity contribution in [1.82, 2.24) is 5.43 Å². The molecule has 1 aromatic carbocycles. The van der Waals surface area contributed by atoms with Crippen LogP contribution in [0.15, 0.2) is 18.2 Å². The van der Waals surface area contributed by atoms with Crippen molar-refractivity contribution in [2.75, 3.05) is 19.9 Å². The minimum Gasteiger partial charge on any atom is -0.493 e. The van der Waals surface area contributed by atoms with Crippen molar-refractivity contribution in [3.8, 4) is 17.2 Å². The Morgan fingerprint density at radius 2 is 2.20 bits per heavy atom. The Morgan fingerprint density at radius 3 is 3.07 bits per heavy atom. The third-order valence-corrected chi connectivity index (χ3v) is 2.08. The molecule has 0 radical (unpaired) electrons. The fourth-order valence-electron chi connectivity index (χ4n) is 1.33.